The Labute approximate surface area is 122 Å². The molecule has 3 rings (SSSR count). The van der Waals surface area contributed by atoms with Crippen molar-refractivity contribution < 1.29 is 0 Å². The van der Waals surface area contributed by atoms with Crippen LogP contribution in [0.5, 0.6) is 0 Å². The van der Waals surface area contributed by atoms with Crippen molar-refractivity contribution in [2.45, 2.75) is 51.5 Å². The molecule has 0 amide bonds. The van der Waals surface area contributed by atoms with E-state index in [1.54, 1.807) is 5.56 Å². The molecule has 0 spiro atoms. The minimum absolute atomic E-state index is 0.857. The average molecular weight is 267 g/mol. The maximum Gasteiger partial charge on any atom is 0.00682 e. The number of hydrogen-bond acceptors (Lipinski definition) is 1. The lowest BCUT2D eigenvalue weighted by atomic mass is 9.95. The van der Waals surface area contributed by atoms with Gasteiger partial charge in [0.2, 0.25) is 0 Å². The molecule has 0 aliphatic heterocycles. The highest BCUT2D eigenvalue weighted by atomic mass is 14.9. The van der Waals surface area contributed by atoms with Crippen molar-refractivity contribution in [1.82, 2.24) is 5.32 Å². The predicted molar refractivity (Wildman–Crippen MR) is 87.3 cm³/mol. The minimum Gasteiger partial charge on any atom is -0.314 e. The first-order valence-corrected chi connectivity index (χ1v) is 8.05. The molecule has 1 aliphatic carbocycles. The van der Waals surface area contributed by atoms with E-state index in [4.69, 9.17) is 0 Å². The highest BCUT2D eigenvalue weighted by Crippen LogP contribution is 2.24. The summed E-state index contributed by atoms with van der Waals surface area (Å²) in [5.74, 6) is 0. The van der Waals surface area contributed by atoms with Crippen molar-refractivity contribution in [3.63, 3.8) is 0 Å². The second-order valence-corrected chi connectivity index (χ2v) is 6.12. The van der Waals surface area contributed by atoms with Crippen molar-refractivity contribution >= 4 is 10.8 Å². The van der Waals surface area contributed by atoms with Gasteiger partial charge in [0, 0.05) is 6.04 Å². The summed E-state index contributed by atoms with van der Waals surface area (Å²) < 4.78 is 0. The van der Waals surface area contributed by atoms with Crippen LogP contribution in [0.3, 0.4) is 0 Å². The van der Waals surface area contributed by atoms with Gasteiger partial charge in [-0.25, -0.2) is 0 Å². The Hall–Kier alpha value is -1.34. The Morgan fingerprint density at radius 1 is 1.00 bits per heavy atom. The van der Waals surface area contributed by atoms with Crippen molar-refractivity contribution in [1.29, 1.82) is 0 Å². The summed E-state index contributed by atoms with van der Waals surface area (Å²) in [6.07, 6.45) is 7.98. The number of aryl methyl sites for hydroxylation is 2. The van der Waals surface area contributed by atoms with E-state index in [1.807, 2.05) is 0 Å². The SMILES string of the molecule is Cc1ccc2ccccc2c1CCCCCNC1CC1. The topological polar surface area (TPSA) is 12.0 Å². The first-order valence-electron chi connectivity index (χ1n) is 8.05. The predicted octanol–water partition coefficient (Wildman–Crippen LogP) is 4.61. The lowest BCUT2D eigenvalue weighted by molar-refractivity contribution is 0.600. The van der Waals surface area contributed by atoms with Crippen LogP contribution in [0.4, 0.5) is 0 Å². The molecular formula is C19H25N. The Kier molecular flexibility index (Phi) is 4.37. The second-order valence-electron chi connectivity index (χ2n) is 6.12. The van der Waals surface area contributed by atoms with Crippen LogP contribution in [0.2, 0.25) is 0 Å². The number of unbranched alkanes of at least 4 members (excludes halogenated alkanes) is 2. The van der Waals surface area contributed by atoms with E-state index in [1.165, 1.54) is 61.4 Å². The molecular weight excluding hydrogens is 242 g/mol. The standard InChI is InChI=1S/C19H25N/c1-15-10-11-16-7-4-5-9-19(16)18(15)8-3-2-6-14-20-17-12-13-17/h4-5,7,9-11,17,20H,2-3,6,8,12-14H2,1H3. The van der Waals surface area contributed by atoms with Crippen LogP contribution in [0.25, 0.3) is 10.8 Å². The zero-order chi connectivity index (χ0) is 13.8. The van der Waals surface area contributed by atoms with E-state index in [9.17, 15) is 0 Å². The largest absolute Gasteiger partial charge is 0.314 e. The smallest absolute Gasteiger partial charge is 0.00682 e. The first kappa shape index (κ1) is 13.6. The number of nitrogens with one attached hydrogen (secondary N) is 1. The number of rotatable bonds is 7. The van der Waals surface area contributed by atoms with E-state index >= 15 is 0 Å². The van der Waals surface area contributed by atoms with E-state index in [2.05, 4.69) is 48.6 Å². The van der Waals surface area contributed by atoms with Crippen LogP contribution < -0.4 is 5.32 Å². The molecule has 106 valence electrons. The number of benzene rings is 2. The fourth-order valence-corrected chi connectivity index (χ4v) is 2.97. The fraction of sp³-hybridized carbons (Fsp3) is 0.474. The van der Waals surface area contributed by atoms with Crippen molar-refractivity contribution in [2.75, 3.05) is 6.54 Å². The summed E-state index contributed by atoms with van der Waals surface area (Å²) in [6, 6.07) is 14.1. The van der Waals surface area contributed by atoms with Crippen LogP contribution in [0.1, 0.15) is 43.2 Å². The number of fused-ring (bicyclic) bond motifs is 1. The van der Waals surface area contributed by atoms with Gasteiger partial charge in [0.15, 0.2) is 0 Å². The Balaban J connectivity index is 1.54. The molecule has 0 saturated heterocycles. The lowest BCUT2D eigenvalue weighted by Gasteiger charge is -2.10. The third-order valence-electron chi connectivity index (χ3n) is 4.39. The fourth-order valence-electron chi connectivity index (χ4n) is 2.97. The lowest BCUT2D eigenvalue weighted by Crippen LogP contribution is -2.17. The quantitative estimate of drug-likeness (QED) is 0.722. The second kappa shape index (κ2) is 6.41. The summed E-state index contributed by atoms with van der Waals surface area (Å²) in [4.78, 5) is 0. The summed E-state index contributed by atoms with van der Waals surface area (Å²) in [7, 11) is 0. The zero-order valence-electron chi connectivity index (χ0n) is 12.5. The monoisotopic (exact) mass is 267 g/mol. The molecule has 2 aromatic rings. The Bertz CT molecular complexity index is 569. The maximum atomic E-state index is 3.60. The highest BCUT2D eigenvalue weighted by Gasteiger charge is 2.19. The van der Waals surface area contributed by atoms with Gasteiger partial charge < -0.3 is 5.32 Å². The van der Waals surface area contributed by atoms with Crippen LogP contribution in [-0.4, -0.2) is 12.6 Å². The highest BCUT2D eigenvalue weighted by molar-refractivity contribution is 5.86. The van der Waals surface area contributed by atoms with Crippen molar-refractivity contribution in [3.8, 4) is 0 Å². The normalized spacial score (nSPS) is 14.8. The summed E-state index contributed by atoms with van der Waals surface area (Å²) in [5, 5.41) is 6.42. The van der Waals surface area contributed by atoms with E-state index in [-0.39, 0.29) is 0 Å². The van der Waals surface area contributed by atoms with Gasteiger partial charge in [0.1, 0.15) is 0 Å². The average Bonchev–Trinajstić information content (AvgIpc) is 3.29. The summed E-state index contributed by atoms with van der Waals surface area (Å²) >= 11 is 0. The van der Waals surface area contributed by atoms with Crippen LogP contribution in [-0.2, 0) is 6.42 Å². The molecule has 1 heteroatoms. The molecule has 1 saturated carbocycles. The molecule has 0 heterocycles. The Morgan fingerprint density at radius 3 is 2.70 bits per heavy atom. The third kappa shape index (κ3) is 3.40. The minimum atomic E-state index is 0.857. The van der Waals surface area contributed by atoms with Crippen molar-refractivity contribution in [3.05, 3.63) is 47.5 Å². The van der Waals surface area contributed by atoms with Gasteiger partial charge in [0.05, 0.1) is 0 Å². The van der Waals surface area contributed by atoms with Crippen LogP contribution in [0.15, 0.2) is 36.4 Å². The third-order valence-corrected chi connectivity index (χ3v) is 4.39. The van der Waals surface area contributed by atoms with E-state index in [0.29, 0.717) is 0 Å². The van der Waals surface area contributed by atoms with E-state index < -0.39 is 0 Å². The summed E-state index contributed by atoms with van der Waals surface area (Å²) in [5.41, 5.74) is 3.00. The molecule has 1 fully saturated rings. The van der Waals surface area contributed by atoms with Gasteiger partial charge in [-0.2, -0.15) is 0 Å². The molecule has 1 nitrogen and oxygen atoms in total. The molecule has 0 radical (unpaired) electrons. The molecule has 1 N–H and O–H groups in total. The van der Waals surface area contributed by atoms with Crippen LogP contribution >= 0.6 is 0 Å². The molecule has 2 aromatic carbocycles. The first-order chi connectivity index (χ1) is 9.84. The van der Waals surface area contributed by atoms with Crippen LogP contribution in [0, 0.1) is 6.92 Å². The van der Waals surface area contributed by atoms with Gasteiger partial charge in [-0.3, -0.25) is 0 Å². The van der Waals surface area contributed by atoms with Gasteiger partial charge in [-0.15, -0.1) is 0 Å². The Morgan fingerprint density at radius 2 is 1.85 bits per heavy atom. The van der Waals surface area contributed by atoms with Gasteiger partial charge in [-0.05, 0) is 67.5 Å². The summed E-state index contributed by atoms with van der Waals surface area (Å²) in [6.45, 7) is 3.45. The zero-order valence-corrected chi connectivity index (χ0v) is 12.5. The van der Waals surface area contributed by atoms with Gasteiger partial charge in [-0.1, -0.05) is 42.8 Å². The molecule has 20 heavy (non-hydrogen) atoms. The number of hydrogen-bond donors (Lipinski definition) is 1. The van der Waals surface area contributed by atoms with Crippen molar-refractivity contribution in [2.24, 2.45) is 0 Å². The molecule has 0 aromatic heterocycles. The van der Waals surface area contributed by atoms with Gasteiger partial charge in [0.25, 0.3) is 0 Å². The van der Waals surface area contributed by atoms with Gasteiger partial charge >= 0.3 is 0 Å². The molecule has 0 atom stereocenters. The maximum absolute atomic E-state index is 3.60. The van der Waals surface area contributed by atoms with E-state index in [0.717, 1.165) is 6.04 Å². The molecule has 1 aliphatic rings. The molecule has 0 bridgehead atoms. The molecule has 0 unspecified atom stereocenters.